The third kappa shape index (κ3) is 6.37. The van der Waals surface area contributed by atoms with E-state index in [-0.39, 0.29) is 17.3 Å². The molecule has 0 unspecified atom stereocenters. The number of amides is 1. The number of carbonyl (C=O) groups excluding carboxylic acids is 1. The fourth-order valence-electron chi connectivity index (χ4n) is 3.31. The van der Waals surface area contributed by atoms with Gasteiger partial charge in [0.1, 0.15) is 6.54 Å². The molecule has 5 nitrogen and oxygen atoms in total. The van der Waals surface area contributed by atoms with Crippen LogP contribution >= 0.6 is 11.8 Å². The van der Waals surface area contributed by atoms with Crippen molar-refractivity contribution in [2.24, 2.45) is 0 Å². The Bertz CT molecular complexity index is 1140. The molecule has 0 aliphatic carbocycles. The van der Waals surface area contributed by atoms with E-state index in [0.29, 0.717) is 18.0 Å². The average molecular weight is 469 g/mol. The van der Waals surface area contributed by atoms with Gasteiger partial charge in [-0.15, -0.1) is 11.8 Å². The highest BCUT2D eigenvalue weighted by atomic mass is 32.2. The number of nitrogens with zero attached hydrogens (tertiary/aromatic N) is 1. The Morgan fingerprint density at radius 2 is 1.50 bits per heavy atom. The maximum absolute atomic E-state index is 13.4. The van der Waals surface area contributed by atoms with Crippen LogP contribution in [0.1, 0.15) is 16.7 Å². The van der Waals surface area contributed by atoms with Gasteiger partial charge < -0.3 is 5.32 Å². The minimum absolute atomic E-state index is 0.155. The van der Waals surface area contributed by atoms with Gasteiger partial charge in [-0.3, -0.25) is 9.10 Å². The van der Waals surface area contributed by atoms with E-state index in [1.165, 1.54) is 9.87 Å². The molecule has 32 heavy (non-hydrogen) atoms. The molecule has 0 fully saturated rings. The maximum Gasteiger partial charge on any atom is 0.264 e. The molecular formula is C25H28N2O3S2. The van der Waals surface area contributed by atoms with Crippen molar-refractivity contribution in [3.63, 3.8) is 0 Å². The summed E-state index contributed by atoms with van der Waals surface area (Å²) >= 11 is 1.65. The van der Waals surface area contributed by atoms with Crippen molar-refractivity contribution in [1.29, 1.82) is 0 Å². The molecule has 1 N–H and O–H groups in total. The van der Waals surface area contributed by atoms with Crippen LogP contribution in [0.4, 0.5) is 5.69 Å². The quantitative estimate of drug-likeness (QED) is 0.365. The summed E-state index contributed by atoms with van der Waals surface area (Å²) in [6.07, 6.45) is 0. The number of benzene rings is 3. The standard InChI is InChI=1S/C25H28N2O3S2/c1-19-9-11-23(12-10-19)31-14-13-26-25(28)18-27(22-16-20(2)15-21(3)17-22)32(29,30)24-7-5-4-6-8-24/h4-12,15-17H,13-14,18H2,1-3H3,(H,26,28). The lowest BCUT2D eigenvalue weighted by Gasteiger charge is -2.25. The van der Waals surface area contributed by atoms with Crippen LogP contribution in [0, 0.1) is 20.8 Å². The van der Waals surface area contributed by atoms with Crippen molar-refractivity contribution in [1.82, 2.24) is 5.32 Å². The molecule has 0 saturated heterocycles. The molecule has 3 rings (SSSR count). The number of sulfonamides is 1. The molecule has 0 aliphatic rings. The summed E-state index contributed by atoms with van der Waals surface area (Å²) in [5.74, 6) is 0.359. The zero-order valence-corrected chi connectivity index (χ0v) is 20.2. The third-order valence-corrected chi connectivity index (χ3v) is 7.63. The summed E-state index contributed by atoms with van der Waals surface area (Å²) in [5.41, 5.74) is 3.55. The molecule has 0 heterocycles. The van der Waals surface area contributed by atoms with Gasteiger partial charge in [-0.1, -0.05) is 42.0 Å². The van der Waals surface area contributed by atoms with Crippen LogP contribution in [0.25, 0.3) is 0 Å². The molecule has 0 radical (unpaired) electrons. The van der Waals surface area contributed by atoms with Gasteiger partial charge >= 0.3 is 0 Å². The number of nitrogens with one attached hydrogen (secondary N) is 1. The fourth-order valence-corrected chi connectivity index (χ4v) is 5.50. The van der Waals surface area contributed by atoms with E-state index >= 15 is 0 Å². The number of anilines is 1. The van der Waals surface area contributed by atoms with Crippen LogP contribution in [0.2, 0.25) is 0 Å². The second-order valence-corrected chi connectivity index (χ2v) is 10.7. The van der Waals surface area contributed by atoms with Crippen molar-refractivity contribution in [2.75, 3.05) is 23.1 Å². The topological polar surface area (TPSA) is 66.5 Å². The lowest BCUT2D eigenvalue weighted by Crippen LogP contribution is -2.41. The van der Waals surface area contributed by atoms with Crippen LogP contribution in [0.5, 0.6) is 0 Å². The molecule has 0 saturated carbocycles. The van der Waals surface area contributed by atoms with Crippen molar-refractivity contribution in [2.45, 2.75) is 30.6 Å². The molecule has 1 amide bonds. The normalized spacial score (nSPS) is 11.2. The number of rotatable bonds is 9. The summed E-state index contributed by atoms with van der Waals surface area (Å²) in [6, 6.07) is 22.0. The van der Waals surface area contributed by atoms with Gasteiger partial charge in [-0.25, -0.2) is 8.42 Å². The highest BCUT2D eigenvalue weighted by Gasteiger charge is 2.27. The van der Waals surface area contributed by atoms with Gasteiger partial charge in [0.15, 0.2) is 0 Å². The first-order valence-electron chi connectivity index (χ1n) is 10.4. The van der Waals surface area contributed by atoms with E-state index in [1.807, 2.05) is 26.8 Å². The highest BCUT2D eigenvalue weighted by molar-refractivity contribution is 7.99. The number of thioether (sulfide) groups is 1. The first kappa shape index (κ1) is 23.9. The lowest BCUT2D eigenvalue weighted by molar-refractivity contribution is -0.119. The Balaban J connectivity index is 1.72. The highest BCUT2D eigenvalue weighted by Crippen LogP contribution is 2.25. The number of carbonyl (C=O) groups is 1. The van der Waals surface area contributed by atoms with Crippen LogP contribution < -0.4 is 9.62 Å². The Labute approximate surface area is 194 Å². The molecule has 7 heteroatoms. The van der Waals surface area contributed by atoms with Crippen LogP contribution in [0.15, 0.2) is 82.6 Å². The molecule has 168 valence electrons. The summed E-state index contributed by atoms with van der Waals surface area (Å²) in [5, 5.41) is 2.85. The van der Waals surface area contributed by atoms with Crippen molar-refractivity contribution in [3.05, 3.63) is 89.5 Å². The smallest absolute Gasteiger partial charge is 0.264 e. The van der Waals surface area contributed by atoms with Crippen LogP contribution in [-0.4, -0.2) is 33.2 Å². The van der Waals surface area contributed by atoms with Crippen molar-refractivity contribution >= 4 is 33.4 Å². The number of hydrogen-bond donors (Lipinski definition) is 1. The van der Waals surface area contributed by atoms with Crippen molar-refractivity contribution < 1.29 is 13.2 Å². The zero-order valence-electron chi connectivity index (χ0n) is 18.5. The van der Waals surface area contributed by atoms with Gasteiger partial charge in [0, 0.05) is 17.2 Å². The molecule has 0 bridgehead atoms. The minimum atomic E-state index is -3.89. The van der Waals surface area contributed by atoms with Crippen molar-refractivity contribution in [3.8, 4) is 0 Å². The van der Waals surface area contributed by atoms with E-state index in [0.717, 1.165) is 16.0 Å². The van der Waals surface area contributed by atoms with Gasteiger partial charge in [-0.05, 0) is 68.3 Å². The largest absolute Gasteiger partial charge is 0.354 e. The molecule has 0 atom stereocenters. The lowest BCUT2D eigenvalue weighted by atomic mass is 10.1. The Morgan fingerprint density at radius 1 is 0.875 bits per heavy atom. The third-order valence-electron chi connectivity index (χ3n) is 4.83. The Hall–Kier alpha value is -2.77. The van der Waals surface area contributed by atoms with Gasteiger partial charge in [0.2, 0.25) is 5.91 Å². The maximum atomic E-state index is 13.4. The molecule has 3 aromatic carbocycles. The monoisotopic (exact) mass is 468 g/mol. The second kappa shape index (κ2) is 10.7. The predicted molar refractivity (Wildman–Crippen MR) is 132 cm³/mol. The number of hydrogen-bond acceptors (Lipinski definition) is 4. The molecule has 0 aliphatic heterocycles. The van der Waals surface area contributed by atoms with Gasteiger partial charge in [-0.2, -0.15) is 0 Å². The molecule has 0 spiro atoms. The number of aryl methyl sites for hydroxylation is 3. The van der Waals surface area contributed by atoms with E-state index in [9.17, 15) is 13.2 Å². The SMILES string of the molecule is Cc1ccc(SCCNC(=O)CN(c2cc(C)cc(C)c2)S(=O)(=O)c2ccccc2)cc1. The molecule has 0 aromatic heterocycles. The fraction of sp³-hybridized carbons (Fsp3) is 0.240. The minimum Gasteiger partial charge on any atom is -0.354 e. The first-order valence-corrected chi connectivity index (χ1v) is 12.8. The molecule has 3 aromatic rings. The van der Waals surface area contributed by atoms with E-state index in [1.54, 1.807) is 54.2 Å². The van der Waals surface area contributed by atoms with Crippen LogP contribution in [-0.2, 0) is 14.8 Å². The Kier molecular flexibility index (Phi) is 7.99. The van der Waals surface area contributed by atoms with Gasteiger partial charge in [0.25, 0.3) is 10.0 Å². The predicted octanol–water partition coefficient (Wildman–Crippen LogP) is 4.72. The second-order valence-electron chi connectivity index (χ2n) is 7.68. The zero-order chi connectivity index (χ0) is 23.1. The van der Waals surface area contributed by atoms with Crippen LogP contribution in [0.3, 0.4) is 0 Å². The summed E-state index contributed by atoms with van der Waals surface area (Å²) in [6.45, 7) is 6.02. The van der Waals surface area contributed by atoms with Gasteiger partial charge in [0.05, 0.1) is 10.6 Å². The summed E-state index contributed by atoms with van der Waals surface area (Å²) in [4.78, 5) is 14.0. The summed E-state index contributed by atoms with van der Waals surface area (Å²) in [7, 11) is -3.89. The molecular weight excluding hydrogens is 440 g/mol. The Morgan fingerprint density at radius 3 is 2.12 bits per heavy atom. The van der Waals surface area contributed by atoms with E-state index < -0.39 is 10.0 Å². The van der Waals surface area contributed by atoms with E-state index in [2.05, 4.69) is 29.6 Å². The summed E-state index contributed by atoms with van der Waals surface area (Å²) < 4.78 is 27.9. The average Bonchev–Trinajstić information content (AvgIpc) is 2.76. The van der Waals surface area contributed by atoms with E-state index in [4.69, 9.17) is 0 Å². The first-order chi connectivity index (χ1) is 15.3.